The van der Waals surface area contributed by atoms with Crippen LogP contribution in [0.15, 0.2) is 30.6 Å². The van der Waals surface area contributed by atoms with Crippen LogP contribution in [-0.2, 0) is 6.18 Å². The minimum atomic E-state index is -4.81. The minimum absolute atomic E-state index is 0.171. The van der Waals surface area contributed by atoms with Crippen molar-refractivity contribution in [3.8, 4) is 11.1 Å². The van der Waals surface area contributed by atoms with Gasteiger partial charge in [0.2, 0.25) is 0 Å². The van der Waals surface area contributed by atoms with Crippen LogP contribution in [0.5, 0.6) is 0 Å². The van der Waals surface area contributed by atoms with E-state index >= 15 is 0 Å². The highest BCUT2D eigenvalue weighted by Gasteiger charge is 2.37. The van der Waals surface area contributed by atoms with E-state index in [1.165, 1.54) is 18.3 Å². The van der Waals surface area contributed by atoms with Gasteiger partial charge in [0.15, 0.2) is 5.65 Å². The number of alkyl halides is 5. The Labute approximate surface area is 146 Å². The zero-order chi connectivity index (χ0) is 18.6. The number of rotatable bonds is 2. The lowest BCUT2D eigenvalue weighted by molar-refractivity contribution is -0.144. The number of nitrogens with zero attached hydrogens (tertiary/aromatic N) is 4. The van der Waals surface area contributed by atoms with Crippen molar-refractivity contribution in [3.05, 3.63) is 47.0 Å². The second-order valence-electron chi connectivity index (χ2n) is 5.44. The minimum Gasteiger partial charge on any atom is -0.276 e. The predicted octanol–water partition coefficient (Wildman–Crippen LogP) is 4.88. The number of hydrogen-bond donors (Lipinski definition) is 1. The summed E-state index contributed by atoms with van der Waals surface area (Å²) in [4.78, 5) is 3.43. The molecule has 11 heteroatoms. The quantitative estimate of drug-likeness (QED) is 0.499. The molecule has 0 bridgehead atoms. The molecule has 0 aliphatic heterocycles. The molecule has 0 saturated heterocycles. The maximum atomic E-state index is 13.5. The van der Waals surface area contributed by atoms with E-state index < -0.39 is 24.0 Å². The summed E-state index contributed by atoms with van der Waals surface area (Å²) in [6, 6.07) is 3.87. The second-order valence-corrected chi connectivity index (χ2v) is 5.85. The van der Waals surface area contributed by atoms with Gasteiger partial charge in [0.05, 0.1) is 16.7 Å². The first-order chi connectivity index (χ1) is 12.3. The molecule has 0 aliphatic rings. The number of nitrogens with one attached hydrogen (secondary N) is 1. The van der Waals surface area contributed by atoms with Gasteiger partial charge in [-0.1, -0.05) is 11.6 Å². The van der Waals surface area contributed by atoms with Gasteiger partial charge >= 0.3 is 6.18 Å². The Balaban J connectivity index is 2.07. The molecule has 5 nitrogen and oxygen atoms in total. The molecule has 0 radical (unpaired) electrons. The van der Waals surface area contributed by atoms with Gasteiger partial charge in [0.1, 0.15) is 0 Å². The molecule has 26 heavy (non-hydrogen) atoms. The van der Waals surface area contributed by atoms with Gasteiger partial charge in [-0.05, 0) is 23.8 Å². The third-order valence-electron chi connectivity index (χ3n) is 3.82. The molecular weight excluding hydrogens is 381 g/mol. The largest absolute Gasteiger partial charge is 0.453 e. The van der Waals surface area contributed by atoms with Crippen molar-refractivity contribution in [3.63, 3.8) is 0 Å². The van der Waals surface area contributed by atoms with E-state index in [0.29, 0.717) is 10.9 Å². The van der Waals surface area contributed by atoms with Crippen LogP contribution in [0.4, 0.5) is 22.0 Å². The fraction of sp³-hybridized carbons (Fsp3) is 0.133. The van der Waals surface area contributed by atoms with Crippen LogP contribution in [0, 0.1) is 0 Å². The maximum Gasteiger partial charge on any atom is 0.453 e. The summed E-state index contributed by atoms with van der Waals surface area (Å²) >= 11 is 6.13. The molecule has 0 saturated carbocycles. The van der Waals surface area contributed by atoms with E-state index in [4.69, 9.17) is 11.6 Å². The molecule has 134 valence electrons. The normalized spacial score (nSPS) is 12.6. The van der Waals surface area contributed by atoms with Crippen LogP contribution in [0.1, 0.15) is 17.8 Å². The van der Waals surface area contributed by atoms with Crippen molar-refractivity contribution in [2.75, 3.05) is 0 Å². The summed E-state index contributed by atoms with van der Waals surface area (Å²) in [5.41, 5.74) is -0.314. The van der Waals surface area contributed by atoms with Crippen molar-refractivity contribution in [2.24, 2.45) is 0 Å². The molecule has 4 aromatic rings. The summed E-state index contributed by atoms with van der Waals surface area (Å²) in [7, 11) is 0. The fourth-order valence-electron chi connectivity index (χ4n) is 2.72. The summed E-state index contributed by atoms with van der Waals surface area (Å²) in [5, 5.41) is 10.5. The van der Waals surface area contributed by atoms with Gasteiger partial charge in [-0.25, -0.2) is 18.3 Å². The van der Waals surface area contributed by atoms with Crippen LogP contribution >= 0.6 is 11.6 Å². The summed E-state index contributed by atoms with van der Waals surface area (Å²) < 4.78 is 66.6. The first-order valence-electron chi connectivity index (χ1n) is 7.13. The lowest BCUT2D eigenvalue weighted by Crippen LogP contribution is -2.07. The van der Waals surface area contributed by atoms with E-state index in [1.54, 1.807) is 0 Å². The van der Waals surface area contributed by atoms with Gasteiger partial charge in [0.25, 0.3) is 12.2 Å². The molecule has 0 unspecified atom stereocenters. The Bertz CT molecular complexity index is 1130. The summed E-state index contributed by atoms with van der Waals surface area (Å²) in [6.45, 7) is 0. The highest BCUT2D eigenvalue weighted by atomic mass is 35.5. The topological polar surface area (TPSA) is 58.9 Å². The first kappa shape index (κ1) is 16.7. The number of pyridine rings is 1. The molecule has 1 N–H and O–H groups in total. The van der Waals surface area contributed by atoms with Crippen LogP contribution < -0.4 is 0 Å². The van der Waals surface area contributed by atoms with E-state index in [0.717, 1.165) is 16.8 Å². The number of fused-ring (bicyclic) bond motifs is 2. The molecule has 0 atom stereocenters. The number of aromatic nitrogens is 5. The molecular formula is C15H7ClF5N5. The highest BCUT2D eigenvalue weighted by molar-refractivity contribution is 6.35. The molecule has 0 fully saturated rings. The Morgan fingerprint density at radius 1 is 1.19 bits per heavy atom. The van der Waals surface area contributed by atoms with Crippen LogP contribution in [0.3, 0.4) is 0 Å². The number of benzene rings is 1. The lowest BCUT2D eigenvalue weighted by atomic mass is 10.00. The predicted molar refractivity (Wildman–Crippen MR) is 83.0 cm³/mol. The van der Waals surface area contributed by atoms with Gasteiger partial charge < -0.3 is 0 Å². The van der Waals surface area contributed by atoms with Gasteiger partial charge in [-0.15, -0.1) is 5.10 Å². The Morgan fingerprint density at radius 2 is 1.96 bits per heavy atom. The van der Waals surface area contributed by atoms with Crippen molar-refractivity contribution in [1.29, 1.82) is 0 Å². The van der Waals surface area contributed by atoms with Crippen molar-refractivity contribution in [2.45, 2.75) is 12.6 Å². The molecule has 1 aromatic carbocycles. The van der Waals surface area contributed by atoms with Crippen molar-refractivity contribution < 1.29 is 22.0 Å². The van der Waals surface area contributed by atoms with Crippen LogP contribution in [0.2, 0.25) is 5.02 Å². The third kappa shape index (κ3) is 2.57. The highest BCUT2D eigenvalue weighted by Crippen LogP contribution is 2.38. The number of H-pyrrole nitrogens is 1. The number of aromatic amines is 1. The van der Waals surface area contributed by atoms with E-state index in [2.05, 4.69) is 20.3 Å². The Kier molecular flexibility index (Phi) is 3.62. The van der Waals surface area contributed by atoms with Crippen LogP contribution in [-0.4, -0.2) is 24.8 Å². The number of halogens is 6. The zero-order valence-corrected chi connectivity index (χ0v) is 13.3. The third-order valence-corrected chi connectivity index (χ3v) is 4.11. The monoisotopic (exact) mass is 387 g/mol. The maximum absolute atomic E-state index is 13.5. The van der Waals surface area contributed by atoms with Gasteiger partial charge in [-0.3, -0.25) is 5.10 Å². The van der Waals surface area contributed by atoms with E-state index in [-0.39, 0.29) is 21.8 Å². The summed E-state index contributed by atoms with van der Waals surface area (Å²) in [6.07, 6.45) is -5.29. The molecule has 0 amide bonds. The number of hydrogen-bond acceptors (Lipinski definition) is 3. The van der Waals surface area contributed by atoms with E-state index in [1.807, 2.05) is 0 Å². The smallest absolute Gasteiger partial charge is 0.276 e. The van der Waals surface area contributed by atoms with Gasteiger partial charge in [0, 0.05) is 22.7 Å². The fourth-order valence-corrected chi connectivity index (χ4v) is 2.99. The van der Waals surface area contributed by atoms with Crippen molar-refractivity contribution in [1.82, 2.24) is 24.8 Å². The molecule has 0 aliphatic carbocycles. The lowest BCUT2D eigenvalue weighted by Gasteiger charge is -2.11. The summed E-state index contributed by atoms with van der Waals surface area (Å²) in [5.74, 6) is -1.42. The average Bonchev–Trinajstić information content (AvgIpc) is 3.19. The molecule has 3 heterocycles. The Hall–Kier alpha value is -2.75. The standard InChI is InChI=1S/C15H7ClF5N5/c16-9-4-6(3-7-5-22-24-11(7)9)10-8(12(17)18)1-2-26-13(10)23-14(25-26)15(19,20)21/h1-5,12H,(H,22,24). The molecule has 3 aromatic heterocycles. The Morgan fingerprint density at radius 3 is 2.65 bits per heavy atom. The molecule has 0 spiro atoms. The first-order valence-corrected chi connectivity index (χ1v) is 7.51. The van der Waals surface area contributed by atoms with Crippen LogP contribution in [0.25, 0.3) is 27.7 Å². The SMILES string of the molecule is FC(F)c1ccn2nc(C(F)(F)F)nc2c1-c1cc(Cl)c2[nH]ncc2c1. The van der Waals surface area contributed by atoms with E-state index in [9.17, 15) is 22.0 Å². The second kappa shape index (κ2) is 5.63. The average molecular weight is 388 g/mol. The van der Waals surface area contributed by atoms with Crippen molar-refractivity contribution >= 4 is 28.2 Å². The molecule has 4 rings (SSSR count). The van der Waals surface area contributed by atoms with Gasteiger partial charge in [-0.2, -0.15) is 18.3 Å². The zero-order valence-electron chi connectivity index (χ0n) is 12.5.